The van der Waals surface area contributed by atoms with E-state index in [1.807, 2.05) is 0 Å². The molecule has 0 saturated heterocycles. The van der Waals surface area contributed by atoms with Gasteiger partial charge in [0.2, 0.25) is 10.0 Å². The monoisotopic (exact) mass is 314 g/mol. The van der Waals surface area contributed by atoms with Crippen molar-refractivity contribution in [1.82, 2.24) is 4.72 Å². The predicted octanol–water partition coefficient (Wildman–Crippen LogP) is 2.18. The highest BCUT2D eigenvalue weighted by atomic mass is 32.2. The lowest BCUT2D eigenvalue weighted by Gasteiger charge is -2.13. The van der Waals surface area contributed by atoms with Crippen molar-refractivity contribution in [3.63, 3.8) is 0 Å². The van der Waals surface area contributed by atoms with Crippen molar-refractivity contribution < 1.29 is 8.42 Å². The normalized spacial score (nSPS) is 11.8. The molecular weight excluding hydrogens is 292 g/mol. The van der Waals surface area contributed by atoms with Gasteiger partial charge in [-0.3, -0.25) is 0 Å². The lowest BCUT2D eigenvalue weighted by Crippen LogP contribution is -2.30. The third-order valence-corrected chi connectivity index (χ3v) is 4.87. The maximum Gasteiger partial charge on any atom is 0.215 e. The molecule has 0 radical (unpaired) electrons. The fourth-order valence-corrected chi connectivity index (χ4v) is 3.24. The summed E-state index contributed by atoms with van der Waals surface area (Å²) < 4.78 is 26.8. The minimum Gasteiger partial charge on any atom is -0.389 e. The number of hydrogen-bond acceptors (Lipinski definition) is 3. The maximum absolute atomic E-state index is 12.0. The average molecular weight is 314 g/mol. The molecule has 20 heavy (non-hydrogen) atoms. The Hall–Kier alpha value is -0.980. The Morgan fingerprint density at radius 2 is 2.00 bits per heavy atom. The molecule has 0 atom stereocenters. The first-order valence-corrected chi connectivity index (χ1v) is 8.80. The molecule has 112 valence electrons. The second-order valence-electron chi connectivity index (χ2n) is 4.85. The van der Waals surface area contributed by atoms with E-state index >= 15 is 0 Å². The van der Waals surface area contributed by atoms with Crippen molar-refractivity contribution in [3.8, 4) is 0 Å². The van der Waals surface area contributed by atoms with E-state index in [9.17, 15) is 8.42 Å². The molecular formula is C14H22N2O2S2. The van der Waals surface area contributed by atoms with E-state index in [0.29, 0.717) is 23.6 Å². The Kier molecular flexibility index (Phi) is 6.58. The van der Waals surface area contributed by atoms with Gasteiger partial charge < -0.3 is 5.73 Å². The standard InChI is InChI=1S/C14H22N2O2S2/c1-3-11(4-2)9-16-20(17,18)10-12-6-5-7-13(8-12)14(15)19/h5-8,11,16H,3-4,9-10H2,1-2H3,(H2,15,19). The second kappa shape index (κ2) is 7.71. The minimum atomic E-state index is -3.33. The van der Waals surface area contributed by atoms with Gasteiger partial charge in [-0.05, 0) is 17.5 Å². The Balaban J connectivity index is 2.71. The molecule has 3 N–H and O–H groups in total. The summed E-state index contributed by atoms with van der Waals surface area (Å²) in [6.07, 6.45) is 1.94. The minimum absolute atomic E-state index is 0.0520. The topological polar surface area (TPSA) is 72.2 Å². The van der Waals surface area contributed by atoms with Crippen molar-refractivity contribution >= 4 is 27.2 Å². The second-order valence-corrected chi connectivity index (χ2v) is 7.10. The van der Waals surface area contributed by atoms with Gasteiger partial charge in [-0.15, -0.1) is 0 Å². The van der Waals surface area contributed by atoms with Crippen LogP contribution in [0.25, 0.3) is 0 Å². The third kappa shape index (κ3) is 5.56. The molecule has 0 heterocycles. The van der Waals surface area contributed by atoms with Crippen molar-refractivity contribution in [3.05, 3.63) is 35.4 Å². The third-order valence-electron chi connectivity index (χ3n) is 3.31. The zero-order valence-electron chi connectivity index (χ0n) is 11.9. The molecule has 1 aromatic carbocycles. The molecule has 4 nitrogen and oxygen atoms in total. The number of hydrogen-bond donors (Lipinski definition) is 2. The van der Waals surface area contributed by atoms with Gasteiger partial charge in [0.05, 0.1) is 5.75 Å². The molecule has 0 bridgehead atoms. The van der Waals surface area contributed by atoms with Gasteiger partial charge in [-0.1, -0.05) is 57.1 Å². The summed E-state index contributed by atoms with van der Waals surface area (Å²) in [4.78, 5) is 0.272. The molecule has 1 rings (SSSR count). The van der Waals surface area contributed by atoms with Crippen LogP contribution in [0.2, 0.25) is 0 Å². The molecule has 0 spiro atoms. The fourth-order valence-electron chi connectivity index (χ4n) is 1.91. The largest absolute Gasteiger partial charge is 0.389 e. The van der Waals surface area contributed by atoms with Crippen LogP contribution in [0.5, 0.6) is 0 Å². The summed E-state index contributed by atoms with van der Waals surface area (Å²) in [5, 5.41) is 0. The van der Waals surface area contributed by atoms with Crippen molar-refractivity contribution in [2.75, 3.05) is 6.54 Å². The van der Waals surface area contributed by atoms with E-state index in [1.54, 1.807) is 24.3 Å². The summed E-state index contributed by atoms with van der Waals surface area (Å²) in [7, 11) is -3.33. The van der Waals surface area contributed by atoms with Crippen LogP contribution in [0, 0.1) is 5.92 Å². The first-order valence-electron chi connectivity index (χ1n) is 6.74. The van der Waals surface area contributed by atoms with E-state index in [0.717, 1.165) is 12.8 Å². The van der Waals surface area contributed by atoms with Gasteiger partial charge in [0.25, 0.3) is 0 Å². The van der Waals surface area contributed by atoms with E-state index in [1.165, 1.54) is 0 Å². The van der Waals surface area contributed by atoms with Crippen LogP contribution in [0.3, 0.4) is 0 Å². The quantitative estimate of drug-likeness (QED) is 0.721. The molecule has 6 heteroatoms. The lowest BCUT2D eigenvalue weighted by molar-refractivity contribution is 0.478. The predicted molar refractivity (Wildman–Crippen MR) is 87.0 cm³/mol. The van der Waals surface area contributed by atoms with Gasteiger partial charge >= 0.3 is 0 Å². The number of benzene rings is 1. The van der Waals surface area contributed by atoms with Crippen molar-refractivity contribution in [2.24, 2.45) is 11.7 Å². The van der Waals surface area contributed by atoms with Gasteiger partial charge in [-0.25, -0.2) is 13.1 Å². The summed E-state index contributed by atoms with van der Waals surface area (Å²) in [5.41, 5.74) is 6.92. The SMILES string of the molecule is CCC(CC)CNS(=O)(=O)Cc1cccc(C(N)=S)c1. The molecule has 0 unspecified atom stereocenters. The number of nitrogens with one attached hydrogen (secondary N) is 1. The molecule has 0 amide bonds. The Morgan fingerprint density at radius 1 is 1.35 bits per heavy atom. The van der Waals surface area contributed by atoms with E-state index < -0.39 is 10.0 Å². The summed E-state index contributed by atoms with van der Waals surface area (Å²) in [6, 6.07) is 7.02. The molecule has 0 aliphatic rings. The smallest absolute Gasteiger partial charge is 0.215 e. The first kappa shape index (κ1) is 17.1. The van der Waals surface area contributed by atoms with E-state index in [4.69, 9.17) is 18.0 Å². The summed E-state index contributed by atoms with van der Waals surface area (Å²) in [6.45, 7) is 4.62. The molecule has 0 fully saturated rings. The Bertz CT molecular complexity index is 552. The average Bonchev–Trinajstić information content (AvgIpc) is 2.39. The zero-order valence-corrected chi connectivity index (χ0v) is 13.6. The molecule has 0 saturated carbocycles. The highest BCUT2D eigenvalue weighted by molar-refractivity contribution is 7.88. The number of nitrogens with two attached hydrogens (primary N) is 1. The maximum atomic E-state index is 12.0. The highest BCUT2D eigenvalue weighted by Gasteiger charge is 2.14. The van der Waals surface area contributed by atoms with Crippen LogP contribution in [-0.4, -0.2) is 20.0 Å². The van der Waals surface area contributed by atoms with Crippen LogP contribution in [0.4, 0.5) is 0 Å². The molecule has 0 aliphatic carbocycles. The molecule has 0 aromatic heterocycles. The van der Waals surface area contributed by atoms with Gasteiger partial charge in [0.15, 0.2) is 0 Å². The van der Waals surface area contributed by atoms with Crippen molar-refractivity contribution in [1.29, 1.82) is 0 Å². The number of sulfonamides is 1. The van der Waals surface area contributed by atoms with Crippen molar-refractivity contribution in [2.45, 2.75) is 32.4 Å². The number of thiocarbonyl (C=S) groups is 1. The van der Waals surface area contributed by atoms with E-state index in [2.05, 4.69) is 18.6 Å². The summed E-state index contributed by atoms with van der Waals surface area (Å²) in [5.74, 6) is 0.330. The lowest BCUT2D eigenvalue weighted by atomic mass is 10.0. The fraction of sp³-hybridized carbons (Fsp3) is 0.500. The highest BCUT2D eigenvalue weighted by Crippen LogP contribution is 2.10. The van der Waals surface area contributed by atoms with Gasteiger partial charge in [-0.2, -0.15) is 0 Å². The van der Waals surface area contributed by atoms with Gasteiger partial charge in [0, 0.05) is 12.1 Å². The molecule has 0 aliphatic heterocycles. The van der Waals surface area contributed by atoms with Crippen LogP contribution in [0.15, 0.2) is 24.3 Å². The molecule has 1 aromatic rings. The first-order chi connectivity index (χ1) is 9.38. The van der Waals surface area contributed by atoms with Crippen LogP contribution in [0.1, 0.15) is 37.8 Å². The number of rotatable bonds is 8. The summed E-state index contributed by atoms with van der Waals surface area (Å²) >= 11 is 4.89. The van der Waals surface area contributed by atoms with Gasteiger partial charge in [0.1, 0.15) is 4.99 Å². The zero-order chi connectivity index (χ0) is 15.2. The van der Waals surface area contributed by atoms with Crippen LogP contribution in [-0.2, 0) is 15.8 Å². The Morgan fingerprint density at radius 3 is 2.55 bits per heavy atom. The van der Waals surface area contributed by atoms with E-state index in [-0.39, 0.29) is 10.7 Å². The Labute approximate surface area is 126 Å². The van der Waals surface area contributed by atoms with Crippen LogP contribution >= 0.6 is 12.2 Å². The van der Waals surface area contributed by atoms with Crippen LogP contribution < -0.4 is 10.5 Å².